The van der Waals surface area contributed by atoms with Crippen LogP contribution in [0.15, 0.2) is 36.4 Å². The minimum absolute atomic E-state index is 0.0397. The predicted molar refractivity (Wildman–Crippen MR) is 552 cm³/mol. The molecule has 0 aliphatic rings. The molecule has 0 radical (unpaired) electrons. The minimum atomic E-state index is -0.328. The van der Waals surface area contributed by atoms with Gasteiger partial charge in [0.1, 0.15) is 0 Å². The van der Waals surface area contributed by atoms with Gasteiger partial charge in [-0.3, -0.25) is 0 Å². The maximum absolute atomic E-state index is 2.88. The molecule has 0 aliphatic carbocycles. The van der Waals surface area contributed by atoms with Crippen molar-refractivity contribution >= 4 is 39.7 Å². The Balaban J connectivity index is 2.42. The number of rotatable bonds is 80. The van der Waals surface area contributed by atoms with Crippen LogP contribution in [0.1, 0.15) is 603 Å². The van der Waals surface area contributed by atoms with Gasteiger partial charge in [-0.2, -0.15) is 0 Å². The van der Waals surface area contributed by atoms with E-state index in [1.165, 1.54) is 461 Å². The molecule has 3 rings (SSSR count). The van der Waals surface area contributed by atoms with Gasteiger partial charge >= 0.3 is 0 Å². The molecule has 3 aromatic rings. The van der Waals surface area contributed by atoms with Crippen molar-refractivity contribution in [2.75, 3.05) is 37.0 Å². The SMILES string of the molecule is CCCCCCCCCCCCCP(CCCCCCCCCCCCC)c1cc(C(C)(C)C)cc(C(C)CC(c2cc(C(C)(C)C)cc(P(CCCCCCCCCCCCC)CCCCCCCCCCCCC)c2C)c2cc(C(C)(C)C)cc(P(CCCCCCCCCCCCC)CCCCCCCCCCCCC)c2C)c1C. The van der Waals surface area contributed by atoms with E-state index in [0.717, 1.165) is 6.42 Å². The molecule has 0 spiro atoms. The number of hydrogen-bond donors (Lipinski definition) is 0. The summed E-state index contributed by atoms with van der Waals surface area (Å²) >= 11 is 0. The molecule has 3 aromatic carbocycles. The molecule has 0 nitrogen and oxygen atoms in total. The molecule has 0 fully saturated rings. The lowest BCUT2D eigenvalue weighted by molar-refractivity contribution is 0.553. The maximum atomic E-state index is 2.88. The van der Waals surface area contributed by atoms with Crippen LogP contribution in [0.4, 0.5) is 0 Å². The average molecular weight is 1690 g/mol. The maximum Gasteiger partial charge on any atom is 0.0101 e. The van der Waals surface area contributed by atoms with Crippen LogP contribution in [0.25, 0.3) is 0 Å². The molecule has 0 heterocycles. The Hall–Kier alpha value is -1.05. The van der Waals surface area contributed by atoms with Crippen molar-refractivity contribution in [3.05, 3.63) is 86.5 Å². The Morgan fingerprint density at radius 3 is 0.508 bits per heavy atom. The quantitative estimate of drug-likeness (QED) is 0.0390. The van der Waals surface area contributed by atoms with Gasteiger partial charge < -0.3 is 0 Å². The lowest BCUT2D eigenvalue weighted by Crippen LogP contribution is -2.25. The summed E-state index contributed by atoms with van der Waals surface area (Å²) in [5, 5.41) is 5.41. The van der Waals surface area contributed by atoms with Gasteiger partial charge in [-0.1, -0.05) is 556 Å². The van der Waals surface area contributed by atoms with Gasteiger partial charge in [0.2, 0.25) is 0 Å². The van der Waals surface area contributed by atoms with Crippen LogP contribution in [-0.4, -0.2) is 37.0 Å². The lowest BCUT2D eigenvalue weighted by Gasteiger charge is -2.35. The Labute approximate surface area is 747 Å². The highest BCUT2D eigenvalue weighted by atomic mass is 31.1. The monoisotopic (exact) mass is 1690 g/mol. The molecule has 0 N–H and O–H groups in total. The van der Waals surface area contributed by atoms with Gasteiger partial charge in [-0.05, 0) is 191 Å². The Bertz CT molecular complexity index is 2590. The fourth-order valence-electron chi connectivity index (χ4n) is 19.4. The summed E-state index contributed by atoms with van der Waals surface area (Å²) in [5.41, 5.74) is 15.1. The molecule has 0 saturated heterocycles. The van der Waals surface area contributed by atoms with Crippen LogP contribution in [0.3, 0.4) is 0 Å². The normalized spacial score (nSPS) is 12.7. The summed E-state index contributed by atoms with van der Waals surface area (Å²) in [6.45, 7) is 48.1. The van der Waals surface area contributed by atoms with Gasteiger partial charge in [-0.15, -0.1) is 0 Å². The average Bonchev–Trinajstić information content (AvgIpc) is 0.755. The first kappa shape index (κ1) is 111. The molecule has 686 valence electrons. The second-order valence-corrected chi connectivity index (χ2v) is 49.6. The molecule has 0 saturated carbocycles. The van der Waals surface area contributed by atoms with E-state index < -0.39 is 0 Å². The van der Waals surface area contributed by atoms with Crippen LogP contribution >= 0.6 is 23.8 Å². The van der Waals surface area contributed by atoms with Crippen LogP contribution in [0.2, 0.25) is 0 Å². The Morgan fingerprint density at radius 1 is 0.203 bits per heavy atom. The molecular formula is C115H211P3. The topological polar surface area (TPSA) is 0 Å². The van der Waals surface area contributed by atoms with E-state index in [0.29, 0.717) is 11.8 Å². The first-order valence-electron chi connectivity index (χ1n) is 53.8. The highest BCUT2D eigenvalue weighted by molar-refractivity contribution is 7.66. The Morgan fingerprint density at radius 2 is 0.347 bits per heavy atom. The minimum Gasteiger partial charge on any atom is -0.0750 e. The van der Waals surface area contributed by atoms with E-state index in [9.17, 15) is 0 Å². The third kappa shape index (κ3) is 51.1. The number of benzene rings is 3. The number of hydrogen-bond acceptors (Lipinski definition) is 0. The third-order valence-corrected chi connectivity index (χ3v) is 36.5. The molecule has 0 amide bonds. The smallest absolute Gasteiger partial charge is 0.0101 e. The van der Waals surface area contributed by atoms with Crippen molar-refractivity contribution in [3.8, 4) is 0 Å². The van der Waals surface area contributed by atoms with Crippen LogP contribution in [-0.2, 0) is 16.2 Å². The zero-order chi connectivity index (χ0) is 86.2. The summed E-state index contributed by atoms with van der Waals surface area (Å²) in [6, 6.07) is 17.1. The highest BCUT2D eigenvalue weighted by Gasteiger charge is 2.33. The molecule has 3 heteroatoms. The molecule has 0 aromatic heterocycles. The van der Waals surface area contributed by atoms with Crippen LogP contribution in [0.5, 0.6) is 0 Å². The van der Waals surface area contributed by atoms with E-state index in [1.807, 2.05) is 0 Å². The third-order valence-electron chi connectivity index (χ3n) is 27.9. The molecule has 0 bridgehead atoms. The lowest BCUT2D eigenvalue weighted by atomic mass is 9.74. The largest absolute Gasteiger partial charge is 0.0750 e. The summed E-state index contributed by atoms with van der Waals surface area (Å²) < 4.78 is 0. The van der Waals surface area contributed by atoms with Crippen molar-refractivity contribution in [2.24, 2.45) is 0 Å². The molecule has 118 heavy (non-hydrogen) atoms. The van der Waals surface area contributed by atoms with E-state index >= 15 is 0 Å². The summed E-state index contributed by atoms with van der Waals surface area (Å²) in [7, 11) is -0.938. The standard InChI is InChI=1S/C115H211P3/c1-20-26-32-38-44-50-56-62-68-74-80-86-116(87-81-75-69-63-57-51-45-39-33-27-21-2)110-96-103(113(11,12)13)93-106(100(110)8)99(7)92-109(107-94-104(114(14,15)16)97-111(101(107)9)117(88-82-76-70-64-58-52-46-40-34-28-22-3)89-83-77-71-65-59-53-47-41-35-29-23-4)108-95-105(115(17,18)19)98-112(102(108)10)118(90-84-78-72-66-60-54-48-42-36-30-24-5)91-85-79-73-67-61-55-49-43-37-31-25-6/h93-99,109H,20-92H2,1-19H3. The summed E-state index contributed by atoms with van der Waals surface area (Å²) in [4.78, 5) is 0. The summed E-state index contributed by atoms with van der Waals surface area (Å²) in [6.07, 6.45) is 104. The van der Waals surface area contributed by atoms with E-state index in [2.05, 4.69) is 168 Å². The van der Waals surface area contributed by atoms with Gasteiger partial charge in [0.15, 0.2) is 0 Å². The van der Waals surface area contributed by atoms with Crippen molar-refractivity contribution in [1.82, 2.24) is 0 Å². The first-order chi connectivity index (χ1) is 57.1. The van der Waals surface area contributed by atoms with Gasteiger partial charge in [0.05, 0.1) is 0 Å². The predicted octanol–water partition coefficient (Wildman–Crippen LogP) is 40.0. The molecule has 1 unspecified atom stereocenters. The van der Waals surface area contributed by atoms with Crippen LogP contribution in [0, 0.1) is 20.8 Å². The first-order valence-corrected chi connectivity index (χ1v) is 58.9. The second-order valence-electron chi connectivity index (χ2n) is 42.2. The molecular weight excluding hydrogens is 1470 g/mol. The van der Waals surface area contributed by atoms with Crippen molar-refractivity contribution in [1.29, 1.82) is 0 Å². The van der Waals surface area contributed by atoms with Crippen molar-refractivity contribution < 1.29 is 0 Å². The van der Waals surface area contributed by atoms with E-state index in [1.54, 1.807) is 66.0 Å². The highest BCUT2D eigenvalue weighted by Crippen LogP contribution is 2.50. The Kier molecular flexibility index (Phi) is 66.8. The van der Waals surface area contributed by atoms with Crippen LogP contribution < -0.4 is 15.9 Å². The molecule has 0 aliphatic heterocycles. The number of unbranched alkanes of at least 4 members (excludes halogenated alkanes) is 60. The molecule has 1 atom stereocenters. The van der Waals surface area contributed by atoms with E-state index in [-0.39, 0.29) is 40.0 Å². The van der Waals surface area contributed by atoms with Gasteiger partial charge in [0, 0.05) is 5.92 Å². The zero-order valence-electron chi connectivity index (χ0n) is 84.1. The summed E-state index contributed by atoms with van der Waals surface area (Å²) in [5.74, 6) is 0.701. The fraction of sp³-hybridized carbons (Fsp3) is 0.843. The fourth-order valence-corrected chi connectivity index (χ4v) is 28.0. The van der Waals surface area contributed by atoms with Gasteiger partial charge in [0.25, 0.3) is 0 Å². The van der Waals surface area contributed by atoms with E-state index in [4.69, 9.17) is 0 Å². The van der Waals surface area contributed by atoms with Crippen molar-refractivity contribution in [3.63, 3.8) is 0 Å². The van der Waals surface area contributed by atoms with Gasteiger partial charge in [-0.25, -0.2) is 0 Å². The van der Waals surface area contributed by atoms with Crippen molar-refractivity contribution in [2.45, 2.75) is 590 Å². The second kappa shape index (κ2) is 70.9. The zero-order valence-corrected chi connectivity index (χ0v) is 86.8.